The minimum Gasteiger partial charge on any atom is -0.396 e. The summed E-state index contributed by atoms with van der Waals surface area (Å²) in [4.78, 5) is 14.9. The molecule has 1 amide bonds. The first-order chi connectivity index (χ1) is 9.88. The summed E-state index contributed by atoms with van der Waals surface area (Å²) in [6.07, 6.45) is 4.56. The first-order valence-corrected chi connectivity index (χ1v) is 8.21. The summed E-state index contributed by atoms with van der Waals surface area (Å²) < 4.78 is 5.71. The number of rotatable bonds is 7. The number of aliphatic hydroxyl groups excluding tert-OH is 1. The first kappa shape index (κ1) is 16.7. The van der Waals surface area contributed by atoms with Crippen LogP contribution < -0.4 is 5.73 Å². The standard InChI is InChI=1S/C16H30N2O3/c1-4-21-13-11-16(17,15(13,2)3)14(20)18(9-6-10-19)12-7-5-8-12/h12-13,19H,4-11,17H2,1-3H3. The Balaban J connectivity index is 2.09. The van der Waals surface area contributed by atoms with Gasteiger partial charge in [-0.3, -0.25) is 4.79 Å². The second-order valence-corrected chi connectivity index (χ2v) is 7.00. The van der Waals surface area contributed by atoms with E-state index < -0.39 is 5.54 Å². The number of carbonyl (C=O) groups is 1. The smallest absolute Gasteiger partial charge is 0.243 e. The van der Waals surface area contributed by atoms with Crippen molar-refractivity contribution >= 4 is 5.91 Å². The monoisotopic (exact) mass is 298 g/mol. The van der Waals surface area contributed by atoms with Crippen molar-refractivity contribution in [3.8, 4) is 0 Å². The van der Waals surface area contributed by atoms with Gasteiger partial charge in [0, 0.05) is 37.6 Å². The van der Waals surface area contributed by atoms with Crippen LogP contribution in [-0.2, 0) is 9.53 Å². The zero-order valence-electron chi connectivity index (χ0n) is 13.6. The summed E-state index contributed by atoms with van der Waals surface area (Å²) in [7, 11) is 0. The highest BCUT2D eigenvalue weighted by Crippen LogP contribution is 2.51. The number of ether oxygens (including phenoxy) is 1. The predicted octanol–water partition coefficient (Wildman–Crippen LogP) is 1.28. The molecule has 122 valence electrons. The molecule has 5 nitrogen and oxygen atoms in total. The molecule has 0 spiro atoms. The number of hydrogen-bond donors (Lipinski definition) is 2. The minimum atomic E-state index is -0.835. The van der Waals surface area contributed by atoms with Gasteiger partial charge in [0.15, 0.2) is 0 Å². The molecule has 2 aliphatic rings. The van der Waals surface area contributed by atoms with Crippen molar-refractivity contribution in [3.05, 3.63) is 0 Å². The van der Waals surface area contributed by atoms with Crippen LogP contribution in [0.15, 0.2) is 0 Å². The molecule has 0 aromatic carbocycles. The molecule has 21 heavy (non-hydrogen) atoms. The summed E-state index contributed by atoms with van der Waals surface area (Å²) in [6.45, 7) is 7.39. The number of nitrogens with two attached hydrogens (primary N) is 1. The van der Waals surface area contributed by atoms with E-state index in [0.29, 0.717) is 32.0 Å². The van der Waals surface area contributed by atoms with E-state index in [1.807, 2.05) is 25.7 Å². The molecule has 0 aromatic rings. The third kappa shape index (κ3) is 2.71. The molecule has 5 heteroatoms. The molecule has 2 atom stereocenters. The lowest BCUT2D eigenvalue weighted by molar-refractivity contribution is -0.182. The summed E-state index contributed by atoms with van der Waals surface area (Å²) in [5.74, 6) is 0.0432. The van der Waals surface area contributed by atoms with E-state index in [9.17, 15) is 4.79 Å². The van der Waals surface area contributed by atoms with Gasteiger partial charge in [0.1, 0.15) is 5.54 Å². The predicted molar refractivity (Wildman–Crippen MR) is 81.8 cm³/mol. The van der Waals surface area contributed by atoms with Crippen molar-refractivity contribution in [2.45, 2.75) is 70.6 Å². The van der Waals surface area contributed by atoms with E-state index in [4.69, 9.17) is 15.6 Å². The average molecular weight is 298 g/mol. The molecule has 2 fully saturated rings. The molecule has 0 aromatic heterocycles. The number of aliphatic hydroxyl groups is 1. The molecular weight excluding hydrogens is 268 g/mol. The van der Waals surface area contributed by atoms with Gasteiger partial charge in [0.2, 0.25) is 5.91 Å². The Morgan fingerprint density at radius 1 is 1.43 bits per heavy atom. The van der Waals surface area contributed by atoms with E-state index in [1.165, 1.54) is 6.42 Å². The van der Waals surface area contributed by atoms with E-state index in [-0.39, 0.29) is 24.0 Å². The van der Waals surface area contributed by atoms with Gasteiger partial charge >= 0.3 is 0 Å². The maximum Gasteiger partial charge on any atom is 0.243 e. The highest BCUT2D eigenvalue weighted by molar-refractivity contribution is 5.89. The largest absolute Gasteiger partial charge is 0.396 e. The Hall–Kier alpha value is -0.650. The van der Waals surface area contributed by atoms with Crippen molar-refractivity contribution in [2.75, 3.05) is 19.8 Å². The lowest BCUT2D eigenvalue weighted by Crippen LogP contribution is -2.76. The van der Waals surface area contributed by atoms with Crippen LogP contribution in [0.1, 0.15) is 52.9 Å². The van der Waals surface area contributed by atoms with E-state index >= 15 is 0 Å². The third-order valence-electron chi connectivity index (χ3n) is 5.55. The number of hydrogen-bond acceptors (Lipinski definition) is 4. The third-order valence-corrected chi connectivity index (χ3v) is 5.55. The molecule has 3 N–H and O–H groups in total. The van der Waals surface area contributed by atoms with Crippen molar-refractivity contribution in [2.24, 2.45) is 11.1 Å². The van der Waals surface area contributed by atoms with Crippen molar-refractivity contribution in [1.82, 2.24) is 4.90 Å². The van der Waals surface area contributed by atoms with Crippen molar-refractivity contribution in [3.63, 3.8) is 0 Å². The Bertz CT molecular complexity index is 382. The lowest BCUT2D eigenvalue weighted by Gasteiger charge is -2.59. The van der Waals surface area contributed by atoms with Gasteiger partial charge in [0.25, 0.3) is 0 Å². The summed E-state index contributed by atoms with van der Waals surface area (Å²) in [6, 6.07) is 0.311. The molecule has 0 saturated heterocycles. The quantitative estimate of drug-likeness (QED) is 0.742. The highest BCUT2D eigenvalue weighted by Gasteiger charge is 2.64. The lowest BCUT2D eigenvalue weighted by atomic mass is 9.54. The van der Waals surface area contributed by atoms with Crippen molar-refractivity contribution < 1.29 is 14.6 Å². The van der Waals surface area contributed by atoms with Gasteiger partial charge in [-0.1, -0.05) is 13.8 Å². The zero-order chi connectivity index (χ0) is 15.7. The van der Waals surface area contributed by atoms with Crippen molar-refractivity contribution in [1.29, 1.82) is 0 Å². The molecule has 2 unspecified atom stereocenters. The van der Waals surface area contributed by atoms with Gasteiger partial charge in [-0.15, -0.1) is 0 Å². The van der Waals surface area contributed by atoms with E-state index in [2.05, 4.69) is 0 Å². The second-order valence-electron chi connectivity index (χ2n) is 7.00. The molecule has 0 aliphatic heterocycles. The summed E-state index contributed by atoms with van der Waals surface area (Å²) >= 11 is 0. The zero-order valence-corrected chi connectivity index (χ0v) is 13.6. The average Bonchev–Trinajstić information content (AvgIpc) is 2.39. The van der Waals surface area contributed by atoms with Crippen LogP contribution in [0.25, 0.3) is 0 Å². The number of amides is 1. The van der Waals surface area contributed by atoms with Gasteiger partial charge in [-0.2, -0.15) is 0 Å². The van der Waals surface area contributed by atoms with Gasteiger partial charge in [-0.25, -0.2) is 0 Å². The van der Waals surface area contributed by atoms with Crippen LogP contribution in [-0.4, -0.2) is 53.4 Å². The number of carbonyl (C=O) groups excluding carboxylic acids is 1. The normalized spacial score (nSPS) is 31.4. The number of nitrogens with zero attached hydrogens (tertiary/aromatic N) is 1. The maximum absolute atomic E-state index is 13.0. The van der Waals surface area contributed by atoms with E-state index in [0.717, 1.165) is 12.8 Å². The topological polar surface area (TPSA) is 75.8 Å². The molecule has 0 radical (unpaired) electrons. The van der Waals surface area contributed by atoms with E-state index in [1.54, 1.807) is 0 Å². The van der Waals surface area contributed by atoms with Crippen LogP contribution in [0.4, 0.5) is 0 Å². The second kappa shape index (κ2) is 6.23. The Kier molecular flexibility index (Phi) is 4.96. The fourth-order valence-electron chi connectivity index (χ4n) is 3.44. The van der Waals surface area contributed by atoms with Crippen LogP contribution in [0.3, 0.4) is 0 Å². The van der Waals surface area contributed by atoms with Crippen LogP contribution in [0.5, 0.6) is 0 Å². The Morgan fingerprint density at radius 3 is 2.52 bits per heavy atom. The van der Waals surface area contributed by atoms with Gasteiger partial charge < -0.3 is 20.5 Å². The maximum atomic E-state index is 13.0. The molecular formula is C16H30N2O3. The molecule has 2 aliphatic carbocycles. The molecule has 0 bridgehead atoms. The Morgan fingerprint density at radius 2 is 2.10 bits per heavy atom. The fraction of sp³-hybridized carbons (Fsp3) is 0.938. The van der Waals surface area contributed by atoms with Crippen LogP contribution in [0.2, 0.25) is 0 Å². The molecule has 0 heterocycles. The van der Waals surface area contributed by atoms with Crippen LogP contribution in [0, 0.1) is 5.41 Å². The van der Waals surface area contributed by atoms with Gasteiger partial charge in [-0.05, 0) is 32.6 Å². The molecule has 2 rings (SSSR count). The van der Waals surface area contributed by atoms with Crippen LogP contribution >= 0.6 is 0 Å². The van der Waals surface area contributed by atoms with Gasteiger partial charge in [0.05, 0.1) is 6.10 Å². The first-order valence-electron chi connectivity index (χ1n) is 8.21. The Labute approximate surface area is 127 Å². The molecule has 2 saturated carbocycles. The summed E-state index contributed by atoms with van der Waals surface area (Å²) in [5, 5.41) is 9.07. The summed E-state index contributed by atoms with van der Waals surface area (Å²) in [5.41, 5.74) is 5.32. The minimum absolute atomic E-state index is 0.0432. The SMILES string of the molecule is CCOC1CC(N)(C(=O)N(CCCO)C2CCC2)C1(C)C. The highest BCUT2D eigenvalue weighted by atomic mass is 16.5. The fourth-order valence-corrected chi connectivity index (χ4v) is 3.44.